The van der Waals surface area contributed by atoms with Crippen molar-refractivity contribution < 1.29 is 18.7 Å². The van der Waals surface area contributed by atoms with Crippen molar-refractivity contribution in [1.82, 2.24) is 0 Å². The molecule has 156 valence electrons. The normalized spacial score (nSPS) is 10.8. The highest BCUT2D eigenvalue weighted by atomic mass is 79.9. The van der Waals surface area contributed by atoms with Crippen molar-refractivity contribution in [1.29, 1.82) is 0 Å². The van der Waals surface area contributed by atoms with Gasteiger partial charge in [0.25, 0.3) is 0 Å². The van der Waals surface area contributed by atoms with Crippen LogP contribution in [0.1, 0.15) is 32.0 Å². The molecule has 0 aliphatic carbocycles. The molecule has 0 saturated carbocycles. The van der Waals surface area contributed by atoms with Crippen LogP contribution in [0.4, 0.5) is 5.69 Å². The number of furan rings is 1. The van der Waals surface area contributed by atoms with Crippen LogP contribution in [0.3, 0.4) is 0 Å². The number of nitrogens with one attached hydrogen (secondary N) is 1. The van der Waals surface area contributed by atoms with Crippen LogP contribution < -0.4 is 10.1 Å². The van der Waals surface area contributed by atoms with Gasteiger partial charge in [-0.15, -0.1) is 0 Å². The zero-order chi connectivity index (χ0) is 22.0. The van der Waals surface area contributed by atoms with Crippen LogP contribution in [-0.4, -0.2) is 25.2 Å². The van der Waals surface area contributed by atoms with E-state index >= 15 is 0 Å². The number of Topliss-reactive ketones (excluding diaryl/α,β-unsaturated/α-hetero) is 1. The first-order valence-electron chi connectivity index (χ1n) is 9.71. The Morgan fingerprint density at radius 1 is 1.00 bits per heavy atom. The molecule has 4 aromatic rings. The van der Waals surface area contributed by atoms with Crippen molar-refractivity contribution in [3.8, 4) is 5.75 Å². The quantitative estimate of drug-likeness (QED) is 0.328. The highest BCUT2D eigenvalue weighted by Crippen LogP contribution is 2.33. The summed E-state index contributed by atoms with van der Waals surface area (Å²) in [6.45, 7) is 1.97. The zero-order valence-corrected chi connectivity index (χ0v) is 18.7. The average molecular weight is 478 g/mol. The molecule has 0 amide bonds. The van der Waals surface area contributed by atoms with E-state index in [1.54, 1.807) is 43.5 Å². The number of para-hydroxylation sites is 1. The minimum Gasteiger partial charge on any atom is -0.496 e. The van der Waals surface area contributed by atoms with Gasteiger partial charge in [0.2, 0.25) is 5.78 Å². The number of halogens is 1. The van der Waals surface area contributed by atoms with Gasteiger partial charge in [-0.2, -0.15) is 0 Å². The van der Waals surface area contributed by atoms with Crippen LogP contribution in [0.5, 0.6) is 5.75 Å². The summed E-state index contributed by atoms with van der Waals surface area (Å²) in [6, 6.07) is 19.8. The van der Waals surface area contributed by atoms with Gasteiger partial charge in [-0.3, -0.25) is 9.59 Å². The van der Waals surface area contributed by atoms with Crippen LogP contribution in [-0.2, 0) is 0 Å². The van der Waals surface area contributed by atoms with E-state index in [0.717, 1.165) is 10.9 Å². The Balaban J connectivity index is 1.64. The summed E-state index contributed by atoms with van der Waals surface area (Å²) in [7, 11) is 1.57. The molecule has 1 N–H and O–H groups in total. The Hall–Kier alpha value is -3.38. The van der Waals surface area contributed by atoms with Crippen molar-refractivity contribution in [2.24, 2.45) is 0 Å². The molecule has 0 aliphatic rings. The van der Waals surface area contributed by atoms with Crippen LogP contribution in [0.2, 0.25) is 0 Å². The maximum absolute atomic E-state index is 13.1. The van der Waals surface area contributed by atoms with E-state index in [4.69, 9.17) is 9.15 Å². The summed E-state index contributed by atoms with van der Waals surface area (Å²) in [5.41, 5.74) is 3.22. The first kappa shape index (κ1) is 20.9. The minimum absolute atomic E-state index is 0.0104. The molecular weight excluding hydrogens is 458 g/mol. The highest BCUT2D eigenvalue weighted by Gasteiger charge is 2.22. The van der Waals surface area contributed by atoms with E-state index in [1.165, 1.54) is 0 Å². The van der Waals surface area contributed by atoms with Crippen LogP contribution in [0.15, 0.2) is 75.6 Å². The first-order valence-corrected chi connectivity index (χ1v) is 10.5. The summed E-state index contributed by atoms with van der Waals surface area (Å²) in [4.78, 5) is 25.9. The lowest BCUT2D eigenvalue weighted by Crippen LogP contribution is -2.15. The molecule has 0 bridgehead atoms. The van der Waals surface area contributed by atoms with E-state index in [9.17, 15) is 9.59 Å². The summed E-state index contributed by atoms with van der Waals surface area (Å²) in [5, 5.41) is 3.89. The van der Waals surface area contributed by atoms with Crippen molar-refractivity contribution in [2.75, 3.05) is 19.0 Å². The number of hydrogen-bond donors (Lipinski definition) is 1. The van der Waals surface area contributed by atoms with E-state index < -0.39 is 0 Å². The molecule has 0 saturated heterocycles. The Morgan fingerprint density at radius 3 is 2.42 bits per heavy atom. The Labute approximate surface area is 188 Å². The Morgan fingerprint density at radius 2 is 1.71 bits per heavy atom. The molecule has 0 unspecified atom stereocenters. The molecule has 1 aromatic heterocycles. The second-order valence-corrected chi connectivity index (χ2v) is 7.98. The van der Waals surface area contributed by atoms with E-state index in [-0.39, 0.29) is 23.9 Å². The molecule has 6 heteroatoms. The number of carbonyl (C=O) groups excluding carboxylic acids is 2. The van der Waals surface area contributed by atoms with E-state index in [1.807, 2.05) is 37.3 Å². The molecule has 3 aromatic carbocycles. The van der Waals surface area contributed by atoms with Gasteiger partial charge in [0.15, 0.2) is 11.5 Å². The second kappa shape index (κ2) is 8.78. The fourth-order valence-corrected chi connectivity index (χ4v) is 3.87. The molecule has 5 nitrogen and oxygen atoms in total. The van der Waals surface area contributed by atoms with Gasteiger partial charge in [-0.25, -0.2) is 0 Å². The summed E-state index contributed by atoms with van der Waals surface area (Å²) in [6.07, 6.45) is 0. The Kier molecular flexibility index (Phi) is 5.91. The third-order valence-electron chi connectivity index (χ3n) is 5.01. The van der Waals surface area contributed by atoms with Crippen LogP contribution >= 0.6 is 15.9 Å². The van der Waals surface area contributed by atoms with Gasteiger partial charge < -0.3 is 14.5 Å². The fraction of sp³-hybridized carbons (Fsp3) is 0.120. The van der Waals surface area contributed by atoms with Gasteiger partial charge in [0.05, 0.1) is 23.8 Å². The predicted octanol–water partition coefficient (Wildman–Crippen LogP) is 6.04. The lowest BCUT2D eigenvalue weighted by Gasteiger charge is -2.08. The average Bonchev–Trinajstić information content (AvgIpc) is 3.16. The second-order valence-electron chi connectivity index (χ2n) is 7.12. The number of rotatable bonds is 7. The van der Waals surface area contributed by atoms with Gasteiger partial charge >= 0.3 is 0 Å². The van der Waals surface area contributed by atoms with E-state index in [0.29, 0.717) is 32.6 Å². The number of ketones is 2. The molecule has 0 atom stereocenters. The smallest absolute Gasteiger partial charge is 0.230 e. The number of anilines is 1. The Bertz CT molecular complexity index is 1270. The topological polar surface area (TPSA) is 68.5 Å². The molecule has 0 spiro atoms. The molecule has 1 heterocycles. The zero-order valence-electron chi connectivity index (χ0n) is 17.1. The third kappa shape index (κ3) is 4.25. The standard InChI is InChI=1S/C25H20BrNO4/c1-15-7-9-16(10-8-15)24(29)25-23(18-5-3-4-6-21(18)31-25)27-14-20(28)17-11-12-22(30-2)19(26)13-17/h3-13,27H,14H2,1-2H3. The number of methoxy groups -OCH3 is 1. The van der Waals surface area contributed by atoms with Gasteiger partial charge in [0, 0.05) is 16.5 Å². The van der Waals surface area contributed by atoms with Crippen molar-refractivity contribution in [3.05, 3.63) is 93.7 Å². The van der Waals surface area contributed by atoms with Crippen molar-refractivity contribution >= 4 is 44.2 Å². The van der Waals surface area contributed by atoms with E-state index in [2.05, 4.69) is 21.2 Å². The number of ether oxygens (including phenoxy) is 1. The molecule has 31 heavy (non-hydrogen) atoms. The number of benzene rings is 3. The van der Waals surface area contributed by atoms with Crippen LogP contribution in [0, 0.1) is 6.92 Å². The molecule has 0 fully saturated rings. The maximum Gasteiger partial charge on any atom is 0.230 e. The molecule has 0 radical (unpaired) electrons. The number of fused-ring (bicyclic) bond motifs is 1. The summed E-state index contributed by atoms with van der Waals surface area (Å²) < 4.78 is 11.8. The monoisotopic (exact) mass is 477 g/mol. The SMILES string of the molecule is COc1ccc(C(=O)CNc2c(C(=O)c3ccc(C)cc3)oc3ccccc23)cc1Br. The summed E-state index contributed by atoms with van der Waals surface area (Å²) in [5.74, 6) is 0.478. The molecular formula is C25H20BrNO4. The van der Waals surface area contributed by atoms with Crippen LogP contribution in [0.25, 0.3) is 11.0 Å². The highest BCUT2D eigenvalue weighted by molar-refractivity contribution is 9.10. The predicted molar refractivity (Wildman–Crippen MR) is 124 cm³/mol. The largest absolute Gasteiger partial charge is 0.496 e. The fourth-order valence-electron chi connectivity index (χ4n) is 3.33. The molecule has 0 aliphatic heterocycles. The number of hydrogen-bond acceptors (Lipinski definition) is 5. The lowest BCUT2D eigenvalue weighted by atomic mass is 10.1. The van der Waals surface area contributed by atoms with Crippen molar-refractivity contribution in [2.45, 2.75) is 6.92 Å². The maximum atomic E-state index is 13.1. The molecule has 4 rings (SSSR count). The van der Waals surface area contributed by atoms with Gasteiger partial charge in [0.1, 0.15) is 11.3 Å². The third-order valence-corrected chi connectivity index (χ3v) is 5.63. The lowest BCUT2D eigenvalue weighted by molar-refractivity contribution is 0.0997. The number of carbonyl (C=O) groups is 2. The first-order chi connectivity index (χ1) is 15.0. The minimum atomic E-state index is -0.238. The van der Waals surface area contributed by atoms with Crippen molar-refractivity contribution in [3.63, 3.8) is 0 Å². The number of aryl methyl sites for hydroxylation is 1. The van der Waals surface area contributed by atoms with Gasteiger partial charge in [-0.05, 0) is 53.2 Å². The van der Waals surface area contributed by atoms with Gasteiger partial charge in [-0.1, -0.05) is 42.0 Å². The summed E-state index contributed by atoms with van der Waals surface area (Å²) >= 11 is 3.40.